The van der Waals surface area contributed by atoms with Crippen LogP contribution in [0.5, 0.6) is 0 Å². The third-order valence-corrected chi connectivity index (χ3v) is 1.29. The third kappa shape index (κ3) is 5.56. The second-order valence-corrected chi connectivity index (χ2v) is 4.25. The predicted molar refractivity (Wildman–Crippen MR) is 57.3 cm³/mol. The van der Waals surface area contributed by atoms with E-state index >= 15 is 0 Å². The van der Waals surface area contributed by atoms with Crippen molar-refractivity contribution in [3.63, 3.8) is 0 Å². The first kappa shape index (κ1) is 12.9. The molecule has 0 fully saturated rings. The molecule has 14 heavy (non-hydrogen) atoms. The third-order valence-electron chi connectivity index (χ3n) is 1.29. The van der Waals surface area contributed by atoms with Crippen LogP contribution in [0.3, 0.4) is 0 Å². The predicted octanol–water partition coefficient (Wildman–Crippen LogP) is 1.66. The van der Waals surface area contributed by atoms with Crippen LogP contribution in [0.15, 0.2) is 5.10 Å². The Balaban J connectivity index is 4.49. The minimum Gasteiger partial charge on any atom is -0.455 e. The van der Waals surface area contributed by atoms with Crippen LogP contribution in [0.25, 0.3) is 0 Å². The molecule has 0 saturated heterocycles. The Bertz CT molecular complexity index is 227. The van der Waals surface area contributed by atoms with E-state index < -0.39 is 5.60 Å². The highest BCUT2D eigenvalue weighted by Crippen LogP contribution is 2.08. The zero-order valence-corrected chi connectivity index (χ0v) is 9.92. The molecule has 4 nitrogen and oxygen atoms in total. The standard InChI is InChI=1S/C10H20N2O2/c1-7-8(11-12(5)6)9(13)14-10(2,3)4/h7H2,1-6H3/b11-8-. The lowest BCUT2D eigenvalue weighted by molar-refractivity contribution is -0.146. The summed E-state index contributed by atoms with van der Waals surface area (Å²) < 4.78 is 5.20. The Labute approximate surface area is 85.9 Å². The van der Waals surface area contributed by atoms with Crippen molar-refractivity contribution in [2.24, 2.45) is 5.10 Å². The van der Waals surface area contributed by atoms with Gasteiger partial charge in [-0.25, -0.2) is 4.79 Å². The first-order valence-electron chi connectivity index (χ1n) is 4.74. The van der Waals surface area contributed by atoms with E-state index in [2.05, 4.69) is 5.10 Å². The van der Waals surface area contributed by atoms with Gasteiger partial charge in [-0.3, -0.25) is 0 Å². The second-order valence-electron chi connectivity index (χ2n) is 4.25. The van der Waals surface area contributed by atoms with Crippen molar-refractivity contribution in [3.8, 4) is 0 Å². The zero-order valence-electron chi connectivity index (χ0n) is 9.92. The summed E-state index contributed by atoms with van der Waals surface area (Å²) in [6.45, 7) is 7.40. The number of carbonyl (C=O) groups is 1. The van der Waals surface area contributed by atoms with Crippen molar-refractivity contribution in [1.82, 2.24) is 5.01 Å². The van der Waals surface area contributed by atoms with Crippen molar-refractivity contribution in [2.75, 3.05) is 14.1 Å². The fraction of sp³-hybridized carbons (Fsp3) is 0.800. The summed E-state index contributed by atoms with van der Waals surface area (Å²) in [5.41, 5.74) is -0.00999. The van der Waals surface area contributed by atoms with Crippen LogP contribution in [0, 0.1) is 0 Å². The van der Waals surface area contributed by atoms with Gasteiger partial charge in [-0.05, 0) is 27.2 Å². The van der Waals surface area contributed by atoms with Crippen molar-refractivity contribution in [1.29, 1.82) is 0 Å². The topological polar surface area (TPSA) is 41.9 Å². The van der Waals surface area contributed by atoms with E-state index in [-0.39, 0.29) is 5.97 Å². The molecule has 0 aliphatic heterocycles. The van der Waals surface area contributed by atoms with Gasteiger partial charge in [-0.1, -0.05) is 6.92 Å². The van der Waals surface area contributed by atoms with Crippen LogP contribution in [-0.2, 0) is 9.53 Å². The van der Waals surface area contributed by atoms with Gasteiger partial charge in [-0.2, -0.15) is 5.10 Å². The Morgan fingerprint density at radius 3 is 2.14 bits per heavy atom. The lowest BCUT2D eigenvalue weighted by Gasteiger charge is -2.20. The Morgan fingerprint density at radius 2 is 1.86 bits per heavy atom. The zero-order chi connectivity index (χ0) is 11.4. The van der Waals surface area contributed by atoms with Crippen LogP contribution in [0.2, 0.25) is 0 Å². The van der Waals surface area contributed by atoms with Crippen LogP contribution < -0.4 is 0 Å². The minimum absolute atomic E-state index is 0.339. The summed E-state index contributed by atoms with van der Waals surface area (Å²) in [6.07, 6.45) is 0.576. The molecule has 0 heterocycles. The normalized spacial score (nSPS) is 12.6. The van der Waals surface area contributed by atoms with E-state index in [1.807, 2.05) is 27.7 Å². The molecule has 0 amide bonds. The average Bonchev–Trinajstić information content (AvgIpc) is 1.96. The number of ether oxygens (including phenoxy) is 1. The maximum Gasteiger partial charge on any atom is 0.354 e. The van der Waals surface area contributed by atoms with E-state index in [9.17, 15) is 4.79 Å². The monoisotopic (exact) mass is 200 g/mol. The van der Waals surface area contributed by atoms with Gasteiger partial charge >= 0.3 is 5.97 Å². The van der Waals surface area contributed by atoms with Crippen molar-refractivity contribution < 1.29 is 9.53 Å². The smallest absolute Gasteiger partial charge is 0.354 e. The van der Waals surface area contributed by atoms with Crippen LogP contribution in [0.1, 0.15) is 34.1 Å². The van der Waals surface area contributed by atoms with Gasteiger partial charge < -0.3 is 9.75 Å². The Kier molecular flexibility index (Phi) is 4.60. The molecule has 0 saturated carbocycles. The summed E-state index contributed by atoms with van der Waals surface area (Å²) in [5, 5.41) is 5.65. The first-order chi connectivity index (χ1) is 6.26. The largest absolute Gasteiger partial charge is 0.455 e. The molecule has 0 aromatic carbocycles. The molecule has 0 bridgehead atoms. The number of hydrogen-bond donors (Lipinski definition) is 0. The number of esters is 1. The molecule has 0 N–H and O–H groups in total. The van der Waals surface area contributed by atoms with Crippen LogP contribution in [-0.4, -0.2) is 36.4 Å². The molecule has 4 heteroatoms. The number of carbonyl (C=O) groups excluding carboxylic acids is 1. The van der Waals surface area contributed by atoms with Crippen molar-refractivity contribution in [3.05, 3.63) is 0 Å². The number of hydrazone groups is 1. The number of hydrogen-bond acceptors (Lipinski definition) is 4. The van der Waals surface area contributed by atoms with E-state index in [0.29, 0.717) is 12.1 Å². The molecular weight excluding hydrogens is 180 g/mol. The molecule has 0 spiro atoms. The van der Waals surface area contributed by atoms with Crippen molar-refractivity contribution >= 4 is 11.7 Å². The summed E-state index contributed by atoms with van der Waals surface area (Å²) in [4.78, 5) is 11.5. The molecule has 0 aliphatic carbocycles. The van der Waals surface area contributed by atoms with Crippen molar-refractivity contribution in [2.45, 2.75) is 39.7 Å². The maximum absolute atomic E-state index is 11.5. The lowest BCUT2D eigenvalue weighted by Crippen LogP contribution is -2.29. The molecule has 0 aliphatic rings. The lowest BCUT2D eigenvalue weighted by atomic mass is 10.2. The first-order valence-corrected chi connectivity index (χ1v) is 4.74. The summed E-state index contributed by atoms with van der Waals surface area (Å²) in [5.74, 6) is -0.339. The number of rotatable bonds is 3. The summed E-state index contributed by atoms with van der Waals surface area (Å²) in [7, 11) is 3.56. The van der Waals surface area contributed by atoms with Gasteiger partial charge in [0.2, 0.25) is 0 Å². The van der Waals surface area contributed by atoms with E-state index in [0.717, 1.165) is 0 Å². The highest BCUT2D eigenvalue weighted by Gasteiger charge is 2.20. The highest BCUT2D eigenvalue weighted by atomic mass is 16.6. The van der Waals surface area contributed by atoms with Gasteiger partial charge in [0.1, 0.15) is 11.3 Å². The van der Waals surface area contributed by atoms with Crippen LogP contribution in [0.4, 0.5) is 0 Å². The molecular formula is C10H20N2O2. The Hall–Kier alpha value is -1.06. The fourth-order valence-electron chi connectivity index (χ4n) is 0.834. The van der Waals surface area contributed by atoms with E-state index in [1.165, 1.54) is 0 Å². The Morgan fingerprint density at radius 1 is 1.36 bits per heavy atom. The second kappa shape index (κ2) is 4.98. The van der Waals surface area contributed by atoms with Gasteiger partial charge in [-0.15, -0.1) is 0 Å². The average molecular weight is 200 g/mol. The molecule has 0 radical (unpaired) electrons. The summed E-state index contributed by atoms with van der Waals surface area (Å²) in [6, 6.07) is 0. The molecule has 0 unspecified atom stereocenters. The SMILES string of the molecule is CC/C(=N/N(C)C)C(=O)OC(C)(C)C. The maximum atomic E-state index is 11.5. The van der Waals surface area contributed by atoms with Gasteiger partial charge in [0.25, 0.3) is 0 Å². The molecule has 0 atom stereocenters. The van der Waals surface area contributed by atoms with Gasteiger partial charge in [0.05, 0.1) is 0 Å². The molecule has 0 aromatic heterocycles. The van der Waals surface area contributed by atoms with Gasteiger partial charge in [0.15, 0.2) is 0 Å². The van der Waals surface area contributed by atoms with E-state index in [1.54, 1.807) is 19.1 Å². The molecule has 0 rings (SSSR count). The summed E-state index contributed by atoms with van der Waals surface area (Å²) >= 11 is 0. The highest BCUT2D eigenvalue weighted by molar-refractivity contribution is 6.36. The fourth-order valence-corrected chi connectivity index (χ4v) is 0.834. The molecule has 82 valence electrons. The minimum atomic E-state index is -0.459. The van der Waals surface area contributed by atoms with Crippen LogP contribution >= 0.6 is 0 Å². The van der Waals surface area contributed by atoms with E-state index in [4.69, 9.17) is 4.74 Å². The van der Waals surface area contributed by atoms with Gasteiger partial charge in [0, 0.05) is 14.1 Å². The quantitative estimate of drug-likeness (QED) is 0.395. The molecule has 0 aromatic rings. The number of nitrogens with zero attached hydrogens (tertiary/aromatic N) is 2.